The van der Waals surface area contributed by atoms with Crippen molar-refractivity contribution in [2.24, 2.45) is 11.8 Å². The fourth-order valence-corrected chi connectivity index (χ4v) is 2.67. The third-order valence-electron chi connectivity index (χ3n) is 4.24. The minimum atomic E-state index is -4.67. The maximum atomic E-state index is 12.6. The first-order chi connectivity index (χ1) is 11.3. The first kappa shape index (κ1) is 16.5. The molecular formula is C15H16F3N3O3. The first-order valence-electron chi connectivity index (χ1n) is 7.67. The highest BCUT2D eigenvalue weighted by Crippen LogP contribution is 2.44. The van der Waals surface area contributed by atoms with Crippen LogP contribution in [-0.4, -0.2) is 22.8 Å². The molecule has 24 heavy (non-hydrogen) atoms. The molecule has 2 saturated carbocycles. The molecule has 3 rings (SSSR count). The third kappa shape index (κ3) is 3.77. The predicted octanol–water partition coefficient (Wildman–Crippen LogP) is 1.64. The van der Waals surface area contributed by atoms with Crippen LogP contribution < -0.4 is 16.2 Å². The molecule has 1 aromatic rings. The summed E-state index contributed by atoms with van der Waals surface area (Å²) in [7, 11) is 0. The predicted molar refractivity (Wildman–Crippen MR) is 78.1 cm³/mol. The Morgan fingerprint density at radius 1 is 1.12 bits per heavy atom. The molecule has 0 radical (unpaired) electrons. The van der Waals surface area contributed by atoms with Crippen LogP contribution in [0.15, 0.2) is 17.1 Å². The SMILES string of the molecule is O=C(Nc1cc(C(F)(F)F)c[nH]c1=O)C(=O)NC(C1CC1)C1CC1. The van der Waals surface area contributed by atoms with Crippen LogP contribution in [0.1, 0.15) is 31.2 Å². The van der Waals surface area contributed by atoms with Crippen molar-refractivity contribution in [1.29, 1.82) is 0 Å². The standard InChI is InChI=1S/C15H16F3N3O3/c16-15(17,18)9-5-10(12(22)19-6-9)20-13(23)14(24)21-11(7-1-2-7)8-3-4-8/h5-8,11H,1-4H2,(H,19,22)(H,20,23)(H,21,24). The summed E-state index contributed by atoms with van der Waals surface area (Å²) >= 11 is 0. The van der Waals surface area contributed by atoms with Crippen molar-refractivity contribution in [1.82, 2.24) is 10.3 Å². The summed E-state index contributed by atoms with van der Waals surface area (Å²) in [5, 5.41) is 4.59. The molecule has 0 aromatic carbocycles. The lowest BCUT2D eigenvalue weighted by atomic mass is 10.1. The van der Waals surface area contributed by atoms with Gasteiger partial charge in [-0.1, -0.05) is 0 Å². The third-order valence-corrected chi connectivity index (χ3v) is 4.24. The molecule has 0 spiro atoms. The number of hydrogen-bond acceptors (Lipinski definition) is 3. The minimum absolute atomic E-state index is 0.0666. The van der Waals surface area contributed by atoms with Gasteiger partial charge in [-0.15, -0.1) is 0 Å². The van der Waals surface area contributed by atoms with Gasteiger partial charge in [-0.3, -0.25) is 14.4 Å². The second-order valence-corrected chi connectivity index (χ2v) is 6.26. The number of carbonyl (C=O) groups excluding carboxylic acids is 2. The molecule has 0 bridgehead atoms. The number of anilines is 1. The highest BCUT2D eigenvalue weighted by Gasteiger charge is 2.42. The zero-order valence-electron chi connectivity index (χ0n) is 12.6. The van der Waals surface area contributed by atoms with Crippen molar-refractivity contribution in [3.8, 4) is 0 Å². The molecule has 2 aliphatic carbocycles. The van der Waals surface area contributed by atoms with Gasteiger partial charge in [-0.05, 0) is 43.6 Å². The van der Waals surface area contributed by atoms with E-state index in [2.05, 4.69) is 5.32 Å². The van der Waals surface area contributed by atoms with Gasteiger partial charge in [0.15, 0.2) is 0 Å². The summed E-state index contributed by atoms with van der Waals surface area (Å²) in [6.07, 6.45) is -0.178. The molecule has 1 aromatic heterocycles. The van der Waals surface area contributed by atoms with Gasteiger partial charge in [0.2, 0.25) is 0 Å². The number of pyridine rings is 1. The van der Waals surface area contributed by atoms with E-state index in [-0.39, 0.29) is 6.04 Å². The second-order valence-electron chi connectivity index (χ2n) is 6.26. The molecule has 0 atom stereocenters. The largest absolute Gasteiger partial charge is 0.417 e. The lowest BCUT2D eigenvalue weighted by molar-refractivity contribution is -0.138. The maximum Gasteiger partial charge on any atom is 0.417 e. The summed E-state index contributed by atoms with van der Waals surface area (Å²) in [4.78, 5) is 37.3. The molecular weight excluding hydrogens is 327 g/mol. The highest BCUT2D eigenvalue weighted by molar-refractivity contribution is 6.39. The molecule has 3 N–H and O–H groups in total. The normalized spacial score (nSPS) is 17.7. The Hall–Kier alpha value is -2.32. The van der Waals surface area contributed by atoms with E-state index >= 15 is 0 Å². The Labute approximate surface area is 134 Å². The van der Waals surface area contributed by atoms with E-state index in [0.29, 0.717) is 24.1 Å². The first-order valence-corrected chi connectivity index (χ1v) is 7.67. The van der Waals surface area contributed by atoms with Gasteiger partial charge in [-0.2, -0.15) is 13.2 Å². The van der Waals surface area contributed by atoms with Crippen LogP contribution in [0.25, 0.3) is 0 Å². The summed E-state index contributed by atoms with van der Waals surface area (Å²) in [5.74, 6) is -1.35. The van der Waals surface area contributed by atoms with Crippen molar-refractivity contribution in [2.45, 2.75) is 37.9 Å². The Bertz CT molecular complexity index is 709. The van der Waals surface area contributed by atoms with Crippen molar-refractivity contribution >= 4 is 17.5 Å². The van der Waals surface area contributed by atoms with E-state index < -0.39 is 34.8 Å². The molecule has 130 valence electrons. The van der Waals surface area contributed by atoms with Crippen molar-refractivity contribution in [3.63, 3.8) is 0 Å². The number of halogens is 3. The minimum Gasteiger partial charge on any atom is -0.345 e. The number of hydrogen-bond donors (Lipinski definition) is 3. The van der Waals surface area contributed by atoms with Gasteiger partial charge in [0.05, 0.1) is 5.56 Å². The van der Waals surface area contributed by atoms with E-state index in [9.17, 15) is 27.6 Å². The van der Waals surface area contributed by atoms with E-state index in [1.807, 2.05) is 10.3 Å². The summed E-state index contributed by atoms with van der Waals surface area (Å²) < 4.78 is 37.9. The number of rotatable bonds is 4. The smallest absolute Gasteiger partial charge is 0.345 e. The summed E-state index contributed by atoms with van der Waals surface area (Å²) in [6.45, 7) is 0. The fraction of sp³-hybridized carbons (Fsp3) is 0.533. The molecule has 2 fully saturated rings. The average molecular weight is 343 g/mol. The highest BCUT2D eigenvalue weighted by atomic mass is 19.4. The molecule has 2 aliphatic rings. The van der Waals surface area contributed by atoms with Crippen LogP contribution in [0, 0.1) is 11.8 Å². The second kappa shape index (κ2) is 5.95. The van der Waals surface area contributed by atoms with Gasteiger partial charge in [0, 0.05) is 12.2 Å². The van der Waals surface area contributed by atoms with Crippen LogP contribution in [0.2, 0.25) is 0 Å². The maximum absolute atomic E-state index is 12.6. The van der Waals surface area contributed by atoms with E-state index in [1.165, 1.54) is 0 Å². The van der Waals surface area contributed by atoms with E-state index in [1.54, 1.807) is 0 Å². The number of nitrogens with one attached hydrogen (secondary N) is 3. The Morgan fingerprint density at radius 3 is 2.21 bits per heavy atom. The molecule has 2 amide bonds. The number of alkyl halides is 3. The van der Waals surface area contributed by atoms with Crippen LogP contribution in [-0.2, 0) is 15.8 Å². The molecule has 9 heteroatoms. The number of carbonyl (C=O) groups is 2. The quantitative estimate of drug-likeness (QED) is 0.726. The Balaban J connectivity index is 1.67. The van der Waals surface area contributed by atoms with Crippen LogP contribution >= 0.6 is 0 Å². The zero-order chi connectivity index (χ0) is 17.5. The fourth-order valence-electron chi connectivity index (χ4n) is 2.67. The van der Waals surface area contributed by atoms with Crippen LogP contribution in [0.5, 0.6) is 0 Å². The summed E-state index contributed by atoms with van der Waals surface area (Å²) in [5.41, 5.74) is -2.64. The average Bonchev–Trinajstić information content (AvgIpc) is 3.37. The van der Waals surface area contributed by atoms with Gasteiger partial charge in [0.1, 0.15) is 5.69 Å². The van der Waals surface area contributed by atoms with Gasteiger partial charge in [0.25, 0.3) is 5.56 Å². The van der Waals surface area contributed by atoms with Gasteiger partial charge in [-0.25, -0.2) is 0 Å². The molecule has 0 saturated heterocycles. The number of aromatic nitrogens is 1. The molecule has 0 unspecified atom stereocenters. The van der Waals surface area contributed by atoms with Crippen molar-refractivity contribution < 1.29 is 22.8 Å². The van der Waals surface area contributed by atoms with Crippen molar-refractivity contribution in [2.75, 3.05) is 5.32 Å². The zero-order valence-corrected chi connectivity index (χ0v) is 12.6. The van der Waals surface area contributed by atoms with Crippen LogP contribution in [0.3, 0.4) is 0 Å². The topological polar surface area (TPSA) is 91.1 Å². The summed E-state index contributed by atoms with van der Waals surface area (Å²) in [6, 6.07) is 0.437. The molecule has 6 nitrogen and oxygen atoms in total. The number of H-pyrrole nitrogens is 1. The van der Waals surface area contributed by atoms with Gasteiger partial charge >= 0.3 is 18.0 Å². The molecule has 0 aliphatic heterocycles. The number of amides is 2. The molecule has 1 heterocycles. The van der Waals surface area contributed by atoms with Crippen molar-refractivity contribution in [3.05, 3.63) is 28.2 Å². The Morgan fingerprint density at radius 2 is 1.71 bits per heavy atom. The van der Waals surface area contributed by atoms with E-state index in [0.717, 1.165) is 25.7 Å². The Kier molecular flexibility index (Phi) is 4.10. The monoisotopic (exact) mass is 343 g/mol. The lowest BCUT2D eigenvalue weighted by Crippen LogP contribution is -2.44. The lowest BCUT2D eigenvalue weighted by Gasteiger charge is -2.17. The van der Waals surface area contributed by atoms with Gasteiger partial charge < -0.3 is 15.6 Å². The van der Waals surface area contributed by atoms with E-state index in [4.69, 9.17) is 0 Å². The number of aromatic amines is 1. The van der Waals surface area contributed by atoms with Crippen LogP contribution in [0.4, 0.5) is 18.9 Å².